The van der Waals surface area contributed by atoms with Gasteiger partial charge in [0.2, 0.25) is 0 Å². The van der Waals surface area contributed by atoms with Crippen LogP contribution < -0.4 is 0 Å². The molecule has 0 saturated carbocycles. The third kappa shape index (κ3) is 2.88. The first-order chi connectivity index (χ1) is 8.70. The smallest absolute Gasteiger partial charge is 0.253 e. The van der Waals surface area contributed by atoms with E-state index in [9.17, 15) is 4.79 Å². The molecule has 1 saturated heterocycles. The van der Waals surface area contributed by atoms with Gasteiger partial charge < -0.3 is 9.64 Å². The molecule has 4 nitrogen and oxygen atoms in total. The minimum absolute atomic E-state index is 0.0110. The highest BCUT2D eigenvalue weighted by molar-refractivity contribution is 5.94. The van der Waals surface area contributed by atoms with E-state index in [2.05, 4.69) is 0 Å². The molecule has 1 heterocycles. The lowest BCUT2D eigenvalue weighted by Gasteiger charge is -2.22. The molecule has 18 heavy (non-hydrogen) atoms. The van der Waals surface area contributed by atoms with Gasteiger partial charge >= 0.3 is 0 Å². The Kier molecular flexibility index (Phi) is 3.96. The normalized spacial score (nSPS) is 20.0. The van der Waals surface area contributed by atoms with Gasteiger partial charge in [-0.2, -0.15) is 5.26 Å². The summed E-state index contributed by atoms with van der Waals surface area (Å²) in [6, 6.07) is 8.80. The van der Waals surface area contributed by atoms with E-state index in [1.165, 1.54) is 0 Å². The molecule has 1 aromatic carbocycles. The van der Waals surface area contributed by atoms with Crippen LogP contribution in [0, 0.1) is 11.3 Å². The molecular formula is C14H16N2O2. The van der Waals surface area contributed by atoms with Gasteiger partial charge in [0.15, 0.2) is 0 Å². The highest BCUT2D eigenvalue weighted by atomic mass is 16.5. The summed E-state index contributed by atoms with van der Waals surface area (Å²) in [6.45, 7) is 4.03. The zero-order chi connectivity index (χ0) is 13.0. The lowest BCUT2D eigenvalue weighted by Crippen LogP contribution is -2.35. The van der Waals surface area contributed by atoms with Gasteiger partial charge in [-0.1, -0.05) is 0 Å². The van der Waals surface area contributed by atoms with Gasteiger partial charge in [0.25, 0.3) is 5.91 Å². The van der Waals surface area contributed by atoms with Gasteiger partial charge in [-0.3, -0.25) is 4.79 Å². The molecule has 2 rings (SSSR count). The molecule has 1 aliphatic heterocycles. The van der Waals surface area contributed by atoms with E-state index in [0.717, 1.165) is 13.0 Å². The second kappa shape index (κ2) is 5.65. The van der Waals surface area contributed by atoms with Gasteiger partial charge in [0.1, 0.15) is 0 Å². The van der Waals surface area contributed by atoms with Gasteiger partial charge in [-0.25, -0.2) is 0 Å². The molecule has 1 amide bonds. The maximum absolute atomic E-state index is 12.3. The summed E-state index contributed by atoms with van der Waals surface area (Å²) in [7, 11) is 0. The fraction of sp³-hybridized carbons (Fsp3) is 0.429. The minimum Gasteiger partial charge on any atom is -0.377 e. The van der Waals surface area contributed by atoms with Crippen LogP contribution in [0.25, 0.3) is 0 Å². The molecule has 0 aromatic heterocycles. The lowest BCUT2D eigenvalue weighted by atomic mass is 10.1. The van der Waals surface area contributed by atoms with Crippen LogP contribution in [0.3, 0.4) is 0 Å². The third-order valence-corrected chi connectivity index (χ3v) is 3.00. The second-order valence-electron chi connectivity index (χ2n) is 4.48. The van der Waals surface area contributed by atoms with E-state index in [1.807, 2.05) is 17.9 Å². The monoisotopic (exact) mass is 244 g/mol. The molecule has 1 aromatic rings. The number of benzene rings is 1. The van der Waals surface area contributed by atoms with Crippen LogP contribution in [-0.4, -0.2) is 36.6 Å². The lowest BCUT2D eigenvalue weighted by molar-refractivity contribution is 0.0563. The van der Waals surface area contributed by atoms with E-state index >= 15 is 0 Å². The topological polar surface area (TPSA) is 53.3 Å². The van der Waals surface area contributed by atoms with Crippen molar-refractivity contribution < 1.29 is 9.53 Å². The SMILES string of the molecule is CC1CN(C(=O)c2ccc(C#N)cc2)CCCO1. The Bertz CT molecular complexity index is 462. The number of carbonyl (C=O) groups excluding carboxylic acids is 1. The Balaban J connectivity index is 2.11. The Morgan fingerprint density at radius 3 is 2.83 bits per heavy atom. The first-order valence-electron chi connectivity index (χ1n) is 6.12. The second-order valence-corrected chi connectivity index (χ2v) is 4.48. The van der Waals surface area contributed by atoms with Gasteiger partial charge in [0.05, 0.1) is 17.7 Å². The summed E-state index contributed by atoms with van der Waals surface area (Å²) in [5.74, 6) is 0.0110. The molecule has 0 N–H and O–H groups in total. The molecule has 0 aliphatic carbocycles. The summed E-state index contributed by atoms with van der Waals surface area (Å²) >= 11 is 0. The van der Waals surface area contributed by atoms with E-state index in [1.54, 1.807) is 24.3 Å². The quantitative estimate of drug-likeness (QED) is 0.757. The predicted octanol–water partition coefficient (Wildman–Crippen LogP) is 1.81. The molecule has 0 spiro atoms. The fourth-order valence-electron chi connectivity index (χ4n) is 2.05. The minimum atomic E-state index is 0.0110. The average Bonchev–Trinajstić information content (AvgIpc) is 2.63. The number of ether oxygens (including phenoxy) is 1. The van der Waals surface area contributed by atoms with Gasteiger partial charge in [0, 0.05) is 25.3 Å². The summed E-state index contributed by atoms with van der Waals surface area (Å²) in [6.07, 6.45) is 0.946. The zero-order valence-electron chi connectivity index (χ0n) is 10.4. The molecule has 1 atom stereocenters. The van der Waals surface area contributed by atoms with Crippen LogP contribution in [-0.2, 0) is 4.74 Å². The van der Waals surface area contributed by atoms with Crippen LogP contribution in [0.1, 0.15) is 29.3 Å². The number of rotatable bonds is 1. The highest BCUT2D eigenvalue weighted by Gasteiger charge is 2.20. The number of amides is 1. The Hall–Kier alpha value is -1.86. The molecule has 1 aliphatic rings. The summed E-state index contributed by atoms with van der Waals surface area (Å²) in [4.78, 5) is 14.1. The number of carbonyl (C=O) groups is 1. The number of hydrogen-bond acceptors (Lipinski definition) is 3. The molecular weight excluding hydrogens is 228 g/mol. The largest absolute Gasteiger partial charge is 0.377 e. The van der Waals surface area contributed by atoms with Crippen molar-refractivity contribution in [1.29, 1.82) is 5.26 Å². The van der Waals surface area contributed by atoms with Crippen molar-refractivity contribution in [3.8, 4) is 6.07 Å². The predicted molar refractivity (Wildman–Crippen MR) is 67.1 cm³/mol. The van der Waals surface area contributed by atoms with Crippen molar-refractivity contribution in [2.24, 2.45) is 0 Å². The fourth-order valence-corrected chi connectivity index (χ4v) is 2.05. The Morgan fingerprint density at radius 1 is 1.44 bits per heavy atom. The van der Waals surface area contributed by atoms with Crippen LogP contribution in [0.15, 0.2) is 24.3 Å². The molecule has 0 bridgehead atoms. The Morgan fingerprint density at radius 2 is 2.17 bits per heavy atom. The number of hydrogen-bond donors (Lipinski definition) is 0. The Labute approximate surface area is 107 Å². The van der Waals surface area contributed by atoms with E-state index in [4.69, 9.17) is 10.00 Å². The van der Waals surface area contributed by atoms with E-state index in [-0.39, 0.29) is 12.0 Å². The highest BCUT2D eigenvalue weighted by Crippen LogP contribution is 2.11. The van der Waals surface area contributed by atoms with Gasteiger partial charge in [-0.15, -0.1) is 0 Å². The van der Waals surface area contributed by atoms with Crippen LogP contribution in [0.4, 0.5) is 0 Å². The molecule has 94 valence electrons. The maximum atomic E-state index is 12.3. The zero-order valence-corrected chi connectivity index (χ0v) is 10.4. The molecule has 4 heteroatoms. The van der Waals surface area contributed by atoms with E-state index in [0.29, 0.717) is 24.3 Å². The van der Waals surface area contributed by atoms with E-state index < -0.39 is 0 Å². The van der Waals surface area contributed by atoms with Gasteiger partial charge in [-0.05, 0) is 37.6 Å². The summed E-state index contributed by atoms with van der Waals surface area (Å²) < 4.78 is 5.52. The van der Waals surface area contributed by atoms with Crippen molar-refractivity contribution in [2.75, 3.05) is 19.7 Å². The first-order valence-corrected chi connectivity index (χ1v) is 6.12. The van der Waals surface area contributed by atoms with Crippen LogP contribution >= 0.6 is 0 Å². The molecule has 0 radical (unpaired) electrons. The summed E-state index contributed by atoms with van der Waals surface area (Å²) in [5.41, 5.74) is 1.20. The number of nitrogens with zero attached hydrogens (tertiary/aromatic N) is 2. The standard InChI is InChI=1S/C14H16N2O2/c1-11-10-16(7-2-8-18-11)14(17)13-5-3-12(9-15)4-6-13/h3-6,11H,2,7-8,10H2,1H3. The van der Waals surface area contributed by atoms with Crippen molar-refractivity contribution in [1.82, 2.24) is 4.90 Å². The summed E-state index contributed by atoms with van der Waals surface area (Å²) in [5, 5.41) is 8.73. The van der Waals surface area contributed by atoms with Crippen molar-refractivity contribution in [3.05, 3.63) is 35.4 Å². The van der Waals surface area contributed by atoms with Crippen molar-refractivity contribution in [2.45, 2.75) is 19.4 Å². The molecule has 1 unspecified atom stereocenters. The first kappa shape index (κ1) is 12.6. The van der Waals surface area contributed by atoms with Crippen molar-refractivity contribution in [3.63, 3.8) is 0 Å². The maximum Gasteiger partial charge on any atom is 0.253 e. The van der Waals surface area contributed by atoms with Crippen LogP contribution in [0.5, 0.6) is 0 Å². The van der Waals surface area contributed by atoms with Crippen molar-refractivity contribution >= 4 is 5.91 Å². The molecule has 1 fully saturated rings. The third-order valence-electron chi connectivity index (χ3n) is 3.00. The average molecular weight is 244 g/mol. The number of nitriles is 1. The van der Waals surface area contributed by atoms with Crippen LogP contribution in [0.2, 0.25) is 0 Å².